The molecule has 0 aromatic carbocycles. The predicted octanol–water partition coefficient (Wildman–Crippen LogP) is 2.11. The van der Waals surface area contributed by atoms with E-state index in [9.17, 15) is 4.79 Å². The molecule has 0 aliphatic heterocycles. The molecule has 0 aliphatic rings. The summed E-state index contributed by atoms with van der Waals surface area (Å²) in [6.45, 7) is 6.34. The van der Waals surface area contributed by atoms with Gasteiger partial charge in [0.05, 0.1) is 12.7 Å². The van der Waals surface area contributed by atoms with Crippen molar-refractivity contribution < 1.29 is 14.3 Å². The van der Waals surface area contributed by atoms with E-state index in [1.54, 1.807) is 13.2 Å². The number of carbonyl (C=O) groups is 1. The van der Waals surface area contributed by atoms with Crippen LogP contribution in [0.4, 0.5) is 0 Å². The van der Waals surface area contributed by atoms with Gasteiger partial charge in [0.15, 0.2) is 5.69 Å². The van der Waals surface area contributed by atoms with Crippen LogP contribution in [0.3, 0.4) is 0 Å². The van der Waals surface area contributed by atoms with Crippen molar-refractivity contribution in [2.45, 2.75) is 39.2 Å². The first-order valence-electron chi connectivity index (χ1n) is 5.79. The van der Waals surface area contributed by atoms with Crippen LogP contribution in [-0.4, -0.2) is 36.0 Å². The highest BCUT2D eigenvalue weighted by Gasteiger charge is 2.13. The SMILES string of the molecule is CO[C@@H](C)CCOC(=O)c1cc(C(C)C)[nH]n1. The number of carbonyl (C=O) groups excluding carboxylic acids is 1. The minimum atomic E-state index is -0.392. The van der Waals surface area contributed by atoms with Gasteiger partial charge in [0.1, 0.15) is 0 Å². The lowest BCUT2D eigenvalue weighted by atomic mass is 10.1. The Morgan fingerprint density at radius 1 is 1.47 bits per heavy atom. The molecule has 0 saturated carbocycles. The summed E-state index contributed by atoms with van der Waals surface area (Å²) >= 11 is 0. The Balaban J connectivity index is 2.41. The Hall–Kier alpha value is -1.36. The number of H-pyrrole nitrogens is 1. The average Bonchev–Trinajstić information content (AvgIpc) is 2.78. The zero-order chi connectivity index (χ0) is 12.8. The quantitative estimate of drug-likeness (QED) is 0.773. The summed E-state index contributed by atoms with van der Waals surface area (Å²) in [6, 6.07) is 1.73. The van der Waals surface area contributed by atoms with Crippen LogP contribution in [0.2, 0.25) is 0 Å². The third kappa shape index (κ3) is 4.19. The Bertz CT molecular complexity index is 360. The Kier molecular flexibility index (Phi) is 5.15. The molecule has 5 heteroatoms. The summed E-state index contributed by atoms with van der Waals surface area (Å²) in [5.41, 5.74) is 1.26. The molecule has 1 N–H and O–H groups in total. The molecule has 0 radical (unpaired) electrons. The zero-order valence-electron chi connectivity index (χ0n) is 10.8. The first kappa shape index (κ1) is 13.7. The second-order valence-corrected chi connectivity index (χ2v) is 4.33. The lowest BCUT2D eigenvalue weighted by Crippen LogP contribution is -2.13. The Morgan fingerprint density at radius 3 is 2.71 bits per heavy atom. The second kappa shape index (κ2) is 6.39. The van der Waals surface area contributed by atoms with Crippen LogP contribution in [-0.2, 0) is 9.47 Å². The van der Waals surface area contributed by atoms with E-state index < -0.39 is 5.97 Å². The molecule has 5 nitrogen and oxygen atoms in total. The second-order valence-electron chi connectivity index (χ2n) is 4.33. The molecule has 0 spiro atoms. The summed E-state index contributed by atoms with van der Waals surface area (Å²) in [4.78, 5) is 11.6. The van der Waals surface area contributed by atoms with E-state index in [-0.39, 0.29) is 6.10 Å². The van der Waals surface area contributed by atoms with Crippen LogP contribution in [0.5, 0.6) is 0 Å². The van der Waals surface area contributed by atoms with Gasteiger partial charge in [-0.05, 0) is 18.9 Å². The number of ether oxygens (including phenoxy) is 2. The smallest absolute Gasteiger partial charge is 0.358 e. The fraction of sp³-hybridized carbons (Fsp3) is 0.667. The van der Waals surface area contributed by atoms with Crippen molar-refractivity contribution in [2.24, 2.45) is 0 Å². The van der Waals surface area contributed by atoms with Crippen LogP contribution in [0.25, 0.3) is 0 Å². The number of hydrogen-bond acceptors (Lipinski definition) is 4. The van der Waals surface area contributed by atoms with E-state index in [0.717, 1.165) is 5.69 Å². The van der Waals surface area contributed by atoms with E-state index in [0.29, 0.717) is 24.6 Å². The molecule has 96 valence electrons. The molecule has 1 heterocycles. The molecule has 17 heavy (non-hydrogen) atoms. The average molecular weight is 240 g/mol. The van der Waals surface area contributed by atoms with Crippen molar-refractivity contribution >= 4 is 5.97 Å². The van der Waals surface area contributed by atoms with Crippen molar-refractivity contribution in [1.29, 1.82) is 0 Å². The largest absolute Gasteiger partial charge is 0.461 e. The van der Waals surface area contributed by atoms with Gasteiger partial charge in [0, 0.05) is 19.2 Å². The third-order valence-electron chi connectivity index (χ3n) is 2.59. The summed E-state index contributed by atoms with van der Waals surface area (Å²) in [7, 11) is 1.63. The molecular formula is C12H20N2O3. The normalized spacial score (nSPS) is 12.8. The minimum absolute atomic E-state index is 0.0909. The van der Waals surface area contributed by atoms with Gasteiger partial charge in [-0.25, -0.2) is 4.79 Å². The lowest BCUT2D eigenvalue weighted by molar-refractivity contribution is 0.0385. The first-order chi connectivity index (χ1) is 8.04. The molecule has 1 rings (SSSR count). The number of nitrogens with zero attached hydrogens (tertiary/aromatic N) is 1. The van der Waals surface area contributed by atoms with Gasteiger partial charge in [-0.2, -0.15) is 5.10 Å². The predicted molar refractivity (Wildman–Crippen MR) is 64.0 cm³/mol. The fourth-order valence-electron chi connectivity index (χ4n) is 1.25. The van der Waals surface area contributed by atoms with Crippen LogP contribution >= 0.6 is 0 Å². The van der Waals surface area contributed by atoms with Crippen molar-refractivity contribution in [2.75, 3.05) is 13.7 Å². The van der Waals surface area contributed by atoms with Crippen LogP contribution in [0.15, 0.2) is 6.07 Å². The molecule has 1 aromatic rings. The van der Waals surface area contributed by atoms with Crippen molar-refractivity contribution in [3.05, 3.63) is 17.5 Å². The van der Waals surface area contributed by atoms with Gasteiger partial charge in [-0.3, -0.25) is 5.10 Å². The maximum Gasteiger partial charge on any atom is 0.358 e. The number of nitrogens with one attached hydrogen (secondary N) is 1. The maximum absolute atomic E-state index is 11.6. The summed E-state index contributed by atoms with van der Waals surface area (Å²) in [5.74, 6) is -0.0750. The number of hydrogen-bond donors (Lipinski definition) is 1. The van der Waals surface area contributed by atoms with E-state index >= 15 is 0 Å². The highest BCUT2D eigenvalue weighted by atomic mass is 16.5. The Labute approximate surface area is 102 Å². The third-order valence-corrected chi connectivity index (χ3v) is 2.59. The number of aromatic amines is 1. The van der Waals surface area contributed by atoms with Gasteiger partial charge in [0.25, 0.3) is 0 Å². The summed E-state index contributed by atoms with van der Waals surface area (Å²) in [5, 5.41) is 6.75. The Morgan fingerprint density at radius 2 is 2.18 bits per heavy atom. The van der Waals surface area contributed by atoms with Crippen molar-refractivity contribution in [3.63, 3.8) is 0 Å². The molecule has 0 fully saturated rings. The highest BCUT2D eigenvalue weighted by Crippen LogP contribution is 2.12. The lowest BCUT2D eigenvalue weighted by Gasteiger charge is -2.08. The van der Waals surface area contributed by atoms with Gasteiger partial charge < -0.3 is 9.47 Å². The molecule has 0 bridgehead atoms. The van der Waals surface area contributed by atoms with Crippen LogP contribution in [0.1, 0.15) is 49.3 Å². The first-order valence-corrected chi connectivity index (χ1v) is 5.79. The van der Waals surface area contributed by atoms with Gasteiger partial charge >= 0.3 is 5.97 Å². The monoisotopic (exact) mass is 240 g/mol. The number of aromatic nitrogens is 2. The van der Waals surface area contributed by atoms with E-state index in [1.165, 1.54) is 0 Å². The number of methoxy groups -OCH3 is 1. The molecule has 0 amide bonds. The molecule has 1 aromatic heterocycles. The molecular weight excluding hydrogens is 220 g/mol. The fourth-order valence-corrected chi connectivity index (χ4v) is 1.25. The molecule has 0 aliphatic carbocycles. The van der Waals surface area contributed by atoms with Crippen LogP contribution in [0, 0.1) is 0 Å². The zero-order valence-corrected chi connectivity index (χ0v) is 10.8. The maximum atomic E-state index is 11.6. The summed E-state index contributed by atoms with van der Waals surface area (Å²) in [6.07, 6.45) is 0.775. The highest BCUT2D eigenvalue weighted by molar-refractivity contribution is 5.87. The minimum Gasteiger partial charge on any atom is -0.461 e. The van der Waals surface area contributed by atoms with Gasteiger partial charge in [-0.1, -0.05) is 13.8 Å². The van der Waals surface area contributed by atoms with E-state index in [1.807, 2.05) is 20.8 Å². The van der Waals surface area contributed by atoms with Gasteiger partial charge in [0.2, 0.25) is 0 Å². The van der Waals surface area contributed by atoms with Crippen molar-refractivity contribution in [3.8, 4) is 0 Å². The summed E-state index contributed by atoms with van der Waals surface area (Å²) < 4.78 is 10.2. The van der Waals surface area contributed by atoms with Gasteiger partial charge in [-0.15, -0.1) is 0 Å². The number of rotatable bonds is 6. The van der Waals surface area contributed by atoms with E-state index in [4.69, 9.17) is 9.47 Å². The van der Waals surface area contributed by atoms with Crippen molar-refractivity contribution in [1.82, 2.24) is 10.2 Å². The number of esters is 1. The molecule has 0 unspecified atom stereocenters. The topological polar surface area (TPSA) is 64.2 Å². The standard InChI is InChI=1S/C12H20N2O3/c1-8(2)10-7-11(14-13-10)12(15)17-6-5-9(3)16-4/h7-9H,5-6H2,1-4H3,(H,13,14)/t9-/m0/s1. The molecule has 1 atom stereocenters. The van der Waals surface area contributed by atoms with Crippen LogP contribution < -0.4 is 0 Å². The van der Waals surface area contributed by atoms with E-state index in [2.05, 4.69) is 10.2 Å². The molecule has 0 saturated heterocycles.